The summed E-state index contributed by atoms with van der Waals surface area (Å²) in [6.07, 6.45) is 1.39. The van der Waals surface area contributed by atoms with Gasteiger partial charge < -0.3 is 0 Å². The van der Waals surface area contributed by atoms with Crippen molar-refractivity contribution >= 4 is 12.6 Å². The van der Waals surface area contributed by atoms with Crippen molar-refractivity contribution in [3.05, 3.63) is 48.2 Å². The summed E-state index contributed by atoms with van der Waals surface area (Å²) in [5, 5.41) is 0. The summed E-state index contributed by atoms with van der Waals surface area (Å²) in [4.78, 5) is 7.51. The van der Waals surface area contributed by atoms with E-state index in [4.69, 9.17) is 0 Å². The molecule has 0 amide bonds. The van der Waals surface area contributed by atoms with Crippen LogP contribution >= 0.6 is 0 Å². The van der Waals surface area contributed by atoms with Gasteiger partial charge in [-0.25, -0.2) is 9.98 Å². The van der Waals surface area contributed by atoms with Gasteiger partial charge in [0.1, 0.15) is 0 Å². The molecule has 0 aliphatic heterocycles. The van der Waals surface area contributed by atoms with Crippen molar-refractivity contribution in [2.24, 2.45) is 9.98 Å². The van der Waals surface area contributed by atoms with Gasteiger partial charge in [-0.1, -0.05) is 46.8 Å². The van der Waals surface area contributed by atoms with E-state index in [9.17, 15) is 0 Å². The fourth-order valence-electron chi connectivity index (χ4n) is 0.991. The SMILES string of the molecule is C=CN=C(C#Cc1c[c-]cc(C)c1)N=C.CC.CC.[Rb+]. The van der Waals surface area contributed by atoms with Crippen LogP contribution in [0.15, 0.2) is 41.0 Å². The number of nitrogens with zero attached hydrogens (tertiary/aromatic N) is 2. The van der Waals surface area contributed by atoms with Crippen LogP contribution in [-0.4, -0.2) is 12.6 Å². The van der Waals surface area contributed by atoms with Gasteiger partial charge in [0.05, 0.1) is 0 Å². The molecule has 0 atom stereocenters. The fourth-order valence-corrected chi connectivity index (χ4v) is 0.991. The molecule has 0 aliphatic rings. The van der Waals surface area contributed by atoms with E-state index in [1.54, 1.807) is 0 Å². The first-order valence-corrected chi connectivity index (χ1v) is 6.41. The van der Waals surface area contributed by atoms with Crippen LogP contribution in [0.2, 0.25) is 0 Å². The molecule has 2 nitrogen and oxygen atoms in total. The average Bonchev–Trinajstić information content (AvgIpc) is 2.48. The Hall–Kier alpha value is -0.335. The quantitative estimate of drug-likeness (QED) is 0.320. The largest absolute Gasteiger partial charge is 1.00 e. The fraction of sp³-hybridized carbons (Fsp3) is 0.294. The number of hydrogen-bond donors (Lipinski definition) is 0. The van der Waals surface area contributed by atoms with E-state index >= 15 is 0 Å². The standard InChI is InChI=1S/C13H11N2.2C2H6.Rb/c1-4-15-13(14-3)9-8-12-7-5-6-11(2)10-12;2*1-2;/h4,6-7,10H,1,3H2,2H3;2*1-2H3;/q-1;;;+1. The Labute approximate surface area is 173 Å². The van der Waals surface area contributed by atoms with Gasteiger partial charge in [-0.3, -0.25) is 0 Å². The molecular weight excluding hydrogens is 318 g/mol. The molecule has 1 rings (SSSR count). The normalized spacial score (nSPS) is 8.15. The van der Waals surface area contributed by atoms with Gasteiger partial charge in [0.25, 0.3) is 0 Å². The molecule has 3 heteroatoms. The van der Waals surface area contributed by atoms with Crippen LogP contribution in [0.1, 0.15) is 38.8 Å². The molecule has 0 spiro atoms. The maximum atomic E-state index is 3.85. The molecule has 102 valence electrons. The molecule has 0 bridgehead atoms. The van der Waals surface area contributed by atoms with Crippen molar-refractivity contribution < 1.29 is 58.2 Å². The molecule has 0 heterocycles. The van der Waals surface area contributed by atoms with Crippen molar-refractivity contribution in [3.8, 4) is 11.8 Å². The van der Waals surface area contributed by atoms with E-state index < -0.39 is 0 Å². The zero-order valence-corrected chi connectivity index (χ0v) is 18.5. The van der Waals surface area contributed by atoms with E-state index in [1.165, 1.54) is 6.20 Å². The Morgan fingerprint density at radius 3 is 2.30 bits per heavy atom. The van der Waals surface area contributed by atoms with Crippen LogP contribution in [-0.2, 0) is 0 Å². The minimum absolute atomic E-state index is 0. The molecule has 0 fully saturated rings. The van der Waals surface area contributed by atoms with Gasteiger partial charge in [0.15, 0.2) is 0 Å². The molecule has 0 aliphatic carbocycles. The van der Waals surface area contributed by atoms with Crippen molar-refractivity contribution in [2.45, 2.75) is 34.6 Å². The molecule has 0 unspecified atom stereocenters. The first kappa shape index (κ1) is 24.7. The van der Waals surface area contributed by atoms with Crippen LogP contribution in [0.4, 0.5) is 0 Å². The Morgan fingerprint density at radius 1 is 1.25 bits per heavy atom. The molecule has 0 N–H and O–H groups in total. The van der Waals surface area contributed by atoms with E-state index in [2.05, 4.69) is 41.2 Å². The Morgan fingerprint density at radius 2 is 1.85 bits per heavy atom. The van der Waals surface area contributed by atoms with Gasteiger partial charge in [0.2, 0.25) is 5.84 Å². The van der Waals surface area contributed by atoms with E-state index in [1.807, 2.05) is 52.8 Å². The Bertz CT molecular complexity index is 465. The predicted molar refractivity (Wildman–Crippen MR) is 86.8 cm³/mol. The number of benzene rings is 1. The maximum Gasteiger partial charge on any atom is 1.00 e. The zero-order chi connectivity index (χ0) is 15.1. The molecule has 0 radical (unpaired) electrons. The Kier molecular flexibility index (Phi) is 23.0. The van der Waals surface area contributed by atoms with Crippen molar-refractivity contribution in [1.29, 1.82) is 0 Å². The molecule has 20 heavy (non-hydrogen) atoms. The van der Waals surface area contributed by atoms with Crippen LogP contribution in [0.3, 0.4) is 0 Å². The Balaban J connectivity index is -0.000000529. The summed E-state index contributed by atoms with van der Waals surface area (Å²) in [5.74, 6) is 6.09. The number of amidine groups is 1. The van der Waals surface area contributed by atoms with Gasteiger partial charge in [-0.15, -0.1) is 5.92 Å². The number of hydrogen-bond acceptors (Lipinski definition) is 1. The number of rotatable bonds is 1. The summed E-state index contributed by atoms with van der Waals surface area (Å²) < 4.78 is 0. The number of aryl methyl sites for hydroxylation is 1. The van der Waals surface area contributed by atoms with E-state index in [-0.39, 0.29) is 58.2 Å². The summed E-state index contributed by atoms with van der Waals surface area (Å²) in [7, 11) is 0. The maximum absolute atomic E-state index is 3.85. The summed E-state index contributed by atoms with van der Waals surface area (Å²) in [6.45, 7) is 16.8. The van der Waals surface area contributed by atoms with E-state index in [0.29, 0.717) is 5.84 Å². The third-order valence-electron chi connectivity index (χ3n) is 1.61. The first-order chi connectivity index (χ1) is 9.26. The topological polar surface area (TPSA) is 24.7 Å². The summed E-state index contributed by atoms with van der Waals surface area (Å²) in [5.41, 5.74) is 2.01. The van der Waals surface area contributed by atoms with Crippen molar-refractivity contribution in [1.82, 2.24) is 0 Å². The minimum Gasteiger partial charge on any atom is -0.237 e. The van der Waals surface area contributed by atoms with Crippen LogP contribution in [0, 0.1) is 24.8 Å². The minimum atomic E-state index is 0. The monoisotopic (exact) mass is 340 g/mol. The zero-order valence-electron chi connectivity index (χ0n) is 13.6. The van der Waals surface area contributed by atoms with Crippen molar-refractivity contribution in [2.75, 3.05) is 0 Å². The molecule has 0 aromatic heterocycles. The second-order valence-corrected chi connectivity index (χ2v) is 2.84. The smallest absolute Gasteiger partial charge is 0.237 e. The second kappa shape index (κ2) is 18.7. The van der Waals surface area contributed by atoms with Gasteiger partial charge in [-0.2, -0.15) is 29.8 Å². The molecular formula is C17H23N2Rb. The van der Waals surface area contributed by atoms with Crippen LogP contribution in [0.25, 0.3) is 0 Å². The molecule has 1 aromatic carbocycles. The van der Waals surface area contributed by atoms with Crippen LogP contribution in [0.5, 0.6) is 0 Å². The van der Waals surface area contributed by atoms with Gasteiger partial charge in [-0.05, 0) is 12.6 Å². The summed E-state index contributed by atoms with van der Waals surface area (Å²) in [6, 6.07) is 8.68. The first-order valence-electron chi connectivity index (χ1n) is 6.41. The van der Waals surface area contributed by atoms with Gasteiger partial charge in [0, 0.05) is 6.20 Å². The number of aliphatic imine (C=N–C) groups is 2. The van der Waals surface area contributed by atoms with Crippen molar-refractivity contribution in [3.63, 3.8) is 0 Å². The molecule has 1 aromatic rings. The molecule has 0 saturated heterocycles. The average molecular weight is 341 g/mol. The van der Waals surface area contributed by atoms with Crippen LogP contribution < -0.4 is 58.2 Å². The van der Waals surface area contributed by atoms with Gasteiger partial charge >= 0.3 is 58.2 Å². The third kappa shape index (κ3) is 12.7. The third-order valence-corrected chi connectivity index (χ3v) is 1.61. The second-order valence-electron chi connectivity index (χ2n) is 2.84. The predicted octanol–water partition coefficient (Wildman–Crippen LogP) is 1.45. The van der Waals surface area contributed by atoms with E-state index in [0.717, 1.165) is 11.1 Å². The summed E-state index contributed by atoms with van der Waals surface area (Å²) >= 11 is 0. The molecule has 0 saturated carbocycles.